The van der Waals surface area contributed by atoms with E-state index < -0.39 is 10.0 Å². The first-order valence-electron chi connectivity index (χ1n) is 7.94. The van der Waals surface area contributed by atoms with Gasteiger partial charge in [-0.2, -0.15) is 0 Å². The molecular formula is C16H25N3O3S. The first-order chi connectivity index (χ1) is 11.0. The number of hydrogen-bond donors (Lipinski definition) is 1. The van der Waals surface area contributed by atoms with Gasteiger partial charge in [0, 0.05) is 26.2 Å². The smallest absolute Gasteiger partial charge is 0.237 e. The second-order valence-electron chi connectivity index (χ2n) is 5.91. The number of piperazine rings is 1. The first kappa shape index (κ1) is 17.9. The molecule has 128 valence electrons. The van der Waals surface area contributed by atoms with Gasteiger partial charge in [0.2, 0.25) is 15.9 Å². The molecule has 1 saturated heterocycles. The van der Waals surface area contributed by atoms with Crippen LogP contribution in [0.3, 0.4) is 0 Å². The minimum Gasteiger partial charge on any atom is -0.339 e. The van der Waals surface area contributed by atoms with Crippen LogP contribution in [0.5, 0.6) is 0 Å². The molecule has 0 unspecified atom stereocenters. The second kappa shape index (κ2) is 8.42. The number of hydrogen-bond acceptors (Lipinski definition) is 4. The number of benzene rings is 1. The van der Waals surface area contributed by atoms with Crippen molar-refractivity contribution in [2.45, 2.75) is 12.8 Å². The number of carbonyl (C=O) groups is 1. The van der Waals surface area contributed by atoms with Crippen LogP contribution >= 0.6 is 0 Å². The van der Waals surface area contributed by atoms with Gasteiger partial charge in [-0.3, -0.25) is 4.79 Å². The fraction of sp³-hybridized carbons (Fsp3) is 0.562. The van der Waals surface area contributed by atoms with E-state index in [1.165, 1.54) is 0 Å². The van der Waals surface area contributed by atoms with Crippen molar-refractivity contribution in [2.24, 2.45) is 0 Å². The molecule has 0 radical (unpaired) electrons. The van der Waals surface area contributed by atoms with Crippen LogP contribution in [0.1, 0.15) is 12.0 Å². The molecule has 0 aromatic heterocycles. The van der Waals surface area contributed by atoms with Crippen LogP contribution in [0.2, 0.25) is 0 Å². The fourth-order valence-corrected chi connectivity index (χ4v) is 3.53. The highest BCUT2D eigenvalue weighted by atomic mass is 32.2. The summed E-state index contributed by atoms with van der Waals surface area (Å²) >= 11 is 0. The van der Waals surface area contributed by atoms with Crippen LogP contribution < -0.4 is 4.72 Å². The molecule has 1 fully saturated rings. The van der Waals surface area contributed by atoms with Gasteiger partial charge in [-0.15, -0.1) is 0 Å². The zero-order valence-electron chi connectivity index (χ0n) is 13.6. The molecule has 23 heavy (non-hydrogen) atoms. The number of rotatable bonds is 7. The zero-order chi connectivity index (χ0) is 16.7. The van der Waals surface area contributed by atoms with Crippen molar-refractivity contribution in [3.05, 3.63) is 35.9 Å². The van der Waals surface area contributed by atoms with Crippen LogP contribution in [0, 0.1) is 0 Å². The Hall–Kier alpha value is -1.44. The maximum atomic E-state index is 12.0. The molecule has 1 N–H and O–H groups in total. The summed E-state index contributed by atoms with van der Waals surface area (Å²) < 4.78 is 26.4. The van der Waals surface area contributed by atoms with E-state index >= 15 is 0 Å². The summed E-state index contributed by atoms with van der Waals surface area (Å²) in [5.41, 5.74) is 1.12. The maximum Gasteiger partial charge on any atom is 0.237 e. The third-order valence-corrected chi connectivity index (χ3v) is 5.43. The molecule has 1 aromatic carbocycles. The third kappa shape index (κ3) is 6.29. The topological polar surface area (TPSA) is 69.7 Å². The van der Waals surface area contributed by atoms with Gasteiger partial charge in [-0.1, -0.05) is 30.3 Å². The average Bonchev–Trinajstić information content (AvgIpc) is 2.54. The molecule has 1 aliphatic rings. The Bertz CT molecular complexity index is 596. The molecule has 0 spiro atoms. The molecular weight excluding hydrogens is 314 g/mol. The third-order valence-electron chi connectivity index (χ3n) is 4.02. The SMILES string of the molecule is CN1CCN(C(=O)CNS(=O)(=O)CCCc2ccccc2)CC1. The van der Waals surface area contributed by atoms with Gasteiger partial charge in [0.25, 0.3) is 0 Å². The number of likely N-dealkylation sites (N-methyl/N-ethyl adjacent to an activating group) is 1. The molecule has 0 saturated carbocycles. The Labute approximate surface area is 138 Å². The standard InChI is InChI=1S/C16H25N3O3S/c1-18-9-11-19(12-10-18)16(20)14-17-23(21,22)13-5-8-15-6-3-2-4-7-15/h2-4,6-7,17H,5,8-14H2,1H3. The number of aryl methyl sites for hydroxylation is 1. The quantitative estimate of drug-likeness (QED) is 0.776. The Balaban J connectivity index is 1.70. The predicted octanol–water partition coefficient (Wildman–Crippen LogP) is 0.313. The molecule has 1 aliphatic heterocycles. The molecule has 0 bridgehead atoms. The molecule has 0 aliphatic carbocycles. The Kier molecular flexibility index (Phi) is 6.56. The molecule has 7 heteroatoms. The van der Waals surface area contributed by atoms with E-state index in [-0.39, 0.29) is 18.2 Å². The van der Waals surface area contributed by atoms with Crippen molar-refractivity contribution in [2.75, 3.05) is 45.5 Å². The number of sulfonamides is 1. The summed E-state index contributed by atoms with van der Waals surface area (Å²) in [5.74, 6) is -0.109. The highest BCUT2D eigenvalue weighted by molar-refractivity contribution is 7.89. The minimum absolute atomic E-state index is 0.0396. The first-order valence-corrected chi connectivity index (χ1v) is 9.59. The van der Waals surface area contributed by atoms with Gasteiger partial charge < -0.3 is 9.80 Å². The van der Waals surface area contributed by atoms with Crippen LogP contribution in [0.4, 0.5) is 0 Å². The van der Waals surface area contributed by atoms with Gasteiger partial charge in [0.15, 0.2) is 0 Å². The highest BCUT2D eigenvalue weighted by Crippen LogP contribution is 2.04. The van der Waals surface area contributed by atoms with Gasteiger partial charge in [0.1, 0.15) is 0 Å². The summed E-state index contributed by atoms with van der Waals surface area (Å²) in [7, 11) is -1.39. The highest BCUT2D eigenvalue weighted by Gasteiger charge is 2.20. The summed E-state index contributed by atoms with van der Waals surface area (Å²) in [6, 6.07) is 9.78. The Morgan fingerprint density at radius 3 is 2.43 bits per heavy atom. The van der Waals surface area contributed by atoms with Crippen molar-refractivity contribution in [1.82, 2.24) is 14.5 Å². The molecule has 6 nitrogen and oxygen atoms in total. The molecule has 1 amide bonds. The summed E-state index contributed by atoms with van der Waals surface area (Å²) in [5, 5.41) is 0. The summed E-state index contributed by atoms with van der Waals surface area (Å²) in [6.07, 6.45) is 1.26. The Morgan fingerprint density at radius 2 is 1.78 bits per heavy atom. The van der Waals surface area contributed by atoms with E-state index in [2.05, 4.69) is 9.62 Å². The summed E-state index contributed by atoms with van der Waals surface area (Å²) in [6.45, 7) is 2.83. The van der Waals surface area contributed by atoms with Crippen LogP contribution in [0.25, 0.3) is 0 Å². The lowest BCUT2D eigenvalue weighted by Gasteiger charge is -2.32. The number of nitrogens with zero attached hydrogens (tertiary/aromatic N) is 2. The minimum atomic E-state index is -3.40. The van der Waals surface area contributed by atoms with Crippen molar-refractivity contribution in [1.29, 1.82) is 0 Å². The average molecular weight is 339 g/mol. The van der Waals surface area contributed by atoms with Crippen molar-refractivity contribution >= 4 is 15.9 Å². The number of nitrogens with one attached hydrogen (secondary N) is 1. The van der Waals surface area contributed by atoms with E-state index in [4.69, 9.17) is 0 Å². The van der Waals surface area contributed by atoms with Crippen molar-refractivity contribution in [3.63, 3.8) is 0 Å². The molecule has 1 heterocycles. The lowest BCUT2D eigenvalue weighted by Crippen LogP contribution is -2.50. The van der Waals surface area contributed by atoms with E-state index in [1.54, 1.807) is 4.90 Å². The van der Waals surface area contributed by atoms with Crippen LogP contribution in [-0.4, -0.2) is 69.6 Å². The maximum absolute atomic E-state index is 12.0. The summed E-state index contributed by atoms with van der Waals surface area (Å²) in [4.78, 5) is 15.9. The van der Waals surface area contributed by atoms with E-state index in [0.717, 1.165) is 18.7 Å². The molecule has 0 atom stereocenters. The lowest BCUT2D eigenvalue weighted by atomic mass is 10.1. The van der Waals surface area contributed by atoms with Gasteiger partial charge >= 0.3 is 0 Å². The van der Waals surface area contributed by atoms with E-state index in [9.17, 15) is 13.2 Å². The monoisotopic (exact) mass is 339 g/mol. The lowest BCUT2D eigenvalue weighted by molar-refractivity contribution is -0.131. The Morgan fingerprint density at radius 1 is 1.13 bits per heavy atom. The van der Waals surface area contributed by atoms with Crippen molar-refractivity contribution in [3.8, 4) is 0 Å². The van der Waals surface area contributed by atoms with Crippen LogP contribution in [0.15, 0.2) is 30.3 Å². The fourth-order valence-electron chi connectivity index (χ4n) is 2.52. The van der Waals surface area contributed by atoms with E-state index in [1.807, 2.05) is 37.4 Å². The molecule has 1 aromatic rings. The van der Waals surface area contributed by atoms with E-state index in [0.29, 0.717) is 25.9 Å². The molecule has 2 rings (SSSR count). The van der Waals surface area contributed by atoms with Crippen LogP contribution in [-0.2, 0) is 21.2 Å². The van der Waals surface area contributed by atoms with Gasteiger partial charge in [-0.05, 0) is 25.5 Å². The second-order valence-corrected chi connectivity index (χ2v) is 7.84. The predicted molar refractivity (Wildman–Crippen MR) is 90.6 cm³/mol. The van der Waals surface area contributed by atoms with Gasteiger partial charge in [0.05, 0.1) is 12.3 Å². The zero-order valence-corrected chi connectivity index (χ0v) is 14.4. The number of carbonyl (C=O) groups excluding carboxylic acids is 1. The normalized spacial score (nSPS) is 16.5. The largest absolute Gasteiger partial charge is 0.339 e. The van der Waals surface area contributed by atoms with Crippen molar-refractivity contribution < 1.29 is 13.2 Å². The van der Waals surface area contributed by atoms with Gasteiger partial charge in [-0.25, -0.2) is 13.1 Å². The number of amides is 1.